The Bertz CT molecular complexity index is 1480. The number of hydrogen-bond donors (Lipinski definition) is 2. The maximum absolute atomic E-state index is 5.85. The standard InChI is InChI=1S/C25H24N6O3/c1-14(2)34-24-22-23(28-13-27-22)30-25(31-24)29-16-6-7-19-18(12-16)17(9-10-26-19)15-5-8-20(32-3)21(11-15)33-4/h5-14H,1-4H3,(H2,27,28,29,30,31). The van der Waals surface area contributed by atoms with Gasteiger partial charge in [0.15, 0.2) is 22.7 Å². The molecule has 5 rings (SSSR count). The van der Waals surface area contributed by atoms with Crippen LogP contribution < -0.4 is 19.5 Å². The number of H-pyrrole nitrogens is 1. The van der Waals surface area contributed by atoms with Gasteiger partial charge in [0.2, 0.25) is 11.8 Å². The third kappa shape index (κ3) is 4.03. The van der Waals surface area contributed by atoms with Crippen LogP contribution in [0.2, 0.25) is 0 Å². The maximum atomic E-state index is 5.85. The fourth-order valence-corrected chi connectivity index (χ4v) is 3.78. The second kappa shape index (κ2) is 8.86. The molecule has 0 spiro atoms. The van der Waals surface area contributed by atoms with Crippen molar-refractivity contribution in [2.45, 2.75) is 20.0 Å². The van der Waals surface area contributed by atoms with Crippen molar-refractivity contribution >= 4 is 33.7 Å². The smallest absolute Gasteiger partial charge is 0.247 e. The third-order valence-corrected chi connectivity index (χ3v) is 5.29. The lowest BCUT2D eigenvalue weighted by atomic mass is 10.0. The molecule has 0 radical (unpaired) electrons. The summed E-state index contributed by atoms with van der Waals surface area (Å²) in [5.74, 6) is 2.18. The van der Waals surface area contributed by atoms with Crippen molar-refractivity contribution in [3.8, 4) is 28.5 Å². The molecule has 3 aromatic heterocycles. The Kier molecular flexibility index (Phi) is 5.59. The van der Waals surface area contributed by atoms with E-state index in [9.17, 15) is 0 Å². The summed E-state index contributed by atoms with van der Waals surface area (Å²) in [6.07, 6.45) is 3.33. The van der Waals surface area contributed by atoms with Gasteiger partial charge in [-0.05, 0) is 61.4 Å². The molecule has 9 nitrogen and oxygen atoms in total. The number of benzene rings is 2. The van der Waals surface area contributed by atoms with Crippen LogP contribution in [0.1, 0.15) is 13.8 Å². The number of nitrogens with zero attached hydrogens (tertiary/aromatic N) is 4. The monoisotopic (exact) mass is 456 g/mol. The predicted octanol–water partition coefficient (Wildman–Crippen LogP) is 5.12. The van der Waals surface area contributed by atoms with Gasteiger partial charge in [-0.2, -0.15) is 9.97 Å². The van der Waals surface area contributed by atoms with Crippen LogP contribution in [0.3, 0.4) is 0 Å². The zero-order valence-corrected chi connectivity index (χ0v) is 19.3. The summed E-state index contributed by atoms with van der Waals surface area (Å²) < 4.78 is 16.7. The Hall–Kier alpha value is -4.40. The molecule has 0 saturated heterocycles. The number of aromatic nitrogens is 5. The van der Waals surface area contributed by atoms with Crippen molar-refractivity contribution in [1.82, 2.24) is 24.9 Å². The fraction of sp³-hybridized carbons (Fsp3) is 0.200. The Labute approximate surface area is 196 Å². The zero-order chi connectivity index (χ0) is 23.7. The molecule has 2 aromatic carbocycles. The Morgan fingerprint density at radius 2 is 1.76 bits per heavy atom. The van der Waals surface area contributed by atoms with Gasteiger partial charge in [0.1, 0.15) is 0 Å². The molecule has 0 bridgehead atoms. The first-order valence-corrected chi connectivity index (χ1v) is 10.8. The average Bonchev–Trinajstić information content (AvgIpc) is 3.32. The molecule has 0 amide bonds. The first kappa shape index (κ1) is 21.4. The number of hydrogen-bond acceptors (Lipinski definition) is 8. The molecule has 9 heteroatoms. The topological polar surface area (TPSA) is 107 Å². The van der Waals surface area contributed by atoms with Gasteiger partial charge in [-0.15, -0.1) is 0 Å². The van der Waals surface area contributed by atoms with Crippen LogP contribution in [0.15, 0.2) is 55.0 Å². The average molecular weight is 457 g/mol. The number of imidazole rings is 1. The summed E-state index contributed by atoms with van der Waals surface area (Å²) in [7, 11) is 3.25. The lowest BCUT2D eigenvalue weighted by Crippen LogP contribution is -2.09. The molecule has 0 aliphatic rings. The molecular formula is C25H24N6O3. The minimum absolute atomic E-state index is 0.0431. The number of pyridine rings is 1. The molecular weight excluding hydrogens is 432 g/mol. The van der Waals surface area contributed by atoms with Gasteiger partial charge in [0, 0.05) is 17.3 Å². The highest BCUT2D eigenvalue weighted by molar-refractivity contribution is 5.96. The largest absolute Gasteiger partial charge is 0.493 e. The fourth-order valence-electron chi connectivity index (χ4n) is 3.78. The van der Waals surface area contributed by atoms with Gasteiger partial charge in [0.05, 0.1) is 32.2 Å². The highest BCUT2D eigenvalue weighted by atomic mass is 16.5. The minimum atomic E-state index is -0.0431. The SMILES string of the molecule is COc1ccc(-c2ccnc3ccc(Nc4nc(OC(C)C)c5nc[nH]c5n4)cc23)cc1OC. The van der Waals surface area contributed by atoms with Gasteiger partial charge < -0.3 is 24.5 Å². The van der Waals surface area contributed by atoms with E-state index in [1.54, 1.807) is 26.7 Å². The van der Waals surface area contributed by atoms with Gasteiger partial charge in [0.25, 0.3) is 0 Å². The third-order valence-electron chi connectivity index (χ3n) is 5.29. The van der Waals surface area contributed by atoms with Crippen LogP contribution in [-0.2, 0) is 0 Å². The maximum Gasteiger partial charge on any atom is 0.247 e. The summed E-state index contributed by atoms with van der Waals surface area (Å²) in [6, 6.07) is 13.8. The molecule has 0 unspecified atom stereocenters. The molecule has 3 heterocycles. The van der Waals surface area contributed by atoms with Crippen LogP contribution in [0.25, 0.3) is 33.2 Å². The van der Waals surface area contributed by atoms with E-state index < -0.39 is 0 Å². The van der Waals surface area contributed by atoms with Crippen LogP contribution in [0.4, 0.5) is 11.6 Å². The molecule has 0 atom stereocenters. The summed E-state index contributed by atoms with van der Waals surface area (Å²) in [4.78, 5) is 20.9. The van der Waals surface area contributed by atoms with E-state index in [0.717, 1.165) is 27.7 Å². The van der Waals surface area contributed by atoms with Crippen molar-refractivity contribution in [1.29, 1.82) is 0 Å². The van der Waals surface area contributed by atoms with Crippen molar-refractivity contribution in [2.75, 3.05) is 19.5 Å². The van der Waals surface area contributed by atoms with E-state index in [4.69, 9.17) is 14.2 Å². The van der Waals surface area contributed by atoms with E-state index in [-0.39, 0.29) is 6.10 Å². The normalized spacial score (nSPS) is 11.2. The summed E-state index contributed by atoms with van der Waals surface area (Å²) >= 11 is 0. The molecule has 0 saturated carbocycles. The number of fused-ring (bicyclic) bond motifs is 2. The minimum Gasteiger partial charge on any atom is -0.493 e. The lowest BCUT2D eigenvalue weighted by molar-refractivity contribution is 0.235. The van der Waals surface area contributed by atoms with E-state index in [1.165, 1.54) is 0 Å². The van der Waals surface area contributed by atoms with Crippen LogP contribution >= 0.6 is 0 Å². The van der Waals surface area contributed by atoms with Gasteiger partial charge in [-0.25, -0.2) is 4.98 Å². The van der Waals surface area contributed by atoms with E-state index in [1.807, 2.05) is 56.3 Å². The number of aromatic amines is 1. The number of methoxy groups -OCH3 is 2. The first-order chi connectivity index (χ1) is 16.6. The van der Waals surface area contributed by atoms with Crippen LogP contribution in [0.5, 0.6) is 17.4 Å². The molecule has 0 aliphatic carbocycles. The number of rotatable bonds is 7. The molecule has 5 aromatic rings. The first-order valence-electron chi connectivity index (χ1n) is 10.8. The highest BCUT2D eigenvalue weighted by Gasteiger charge is 2.14. The zero-order valence-electron chi connectivity index (χ0n) is 19.3. The molecule has 34 heavy (non-hydrogen) atoms. The Balaban J connectivity index is 1.55. The molecule has 172 valence electrons. The van der Waals surface area contributed by atoms with Gasteiger partial charge in [-0.1, -0.05) is 6.07 Å². The second-order valence-corrected chi connectivity index (χ2v) is 7.90. The van der Waals surface area contributed by atoms with E-state index in [2.05, 4.69) is 30.2 Å². The number of nitrogens with one attached hydrogen (secondary N) is 2. The summed E-state index contributed by atoms with van der Waals surface area (Å²) in [5, 5.41) is 4.26. The summed E-state index contributed by atoms with van der Waals surface area (Å²) in [6.45, 7) is 3.89. The Morgan fingerprint density at radius 3 is 2.56 bits per heavy atom. The number of anilines is 2. The van der Waals surface area contributed by atoms with Crippen molar-refractivity contribution in [3.05, 3.63) is 55.0 Å². The molecule has 0 aliphatic heterocycles. The predicted molar refractivity (Wildman–Crippen MR) is 131 cm³/mol. The summed E-state index contributed by atoms with van der Waals surface area (Å²) in [5.41, 5.74) is 4.89. The van der Waals surface area contributed by atoms with Crippen molar-refractivity contribution < 1.29 is 14.2 Å². The van der Waals surface area contributed by atoms with Crippen LogP contribution in [0, 0.1) is 0 Å². The lowest BCUT2D eigenvalue weighted by Gasteiger charge is -2.13. The highest BCUT2D eigenvalue weighted by Crippen LogP contribution is 2.36. The van der Waals surface area contributed by atoms with Gasteiger partial charge in [-0.3, -0.25) is 4.98 Å². The van der Waals surface area contributed by atoms with Crippen molar-refractivity contribution in [3.63, 3.8) is 0 Å². The number of ether oxygens (including phenoxy) is 3. The molecule has 2 N–H and O–H groups in total. The quantitative estimate of drug-likeness (QED) is 0.348. The second-order valence-electron chi connectivity index (χ2n) is 7.90. The molecule has 0 fully saturated rings. The van der Waals surface area contributed by atoms with E-state index in [0.29, 0.717) is 34.5 Å². The van der Waals surface area contributed by atoms with Gasteiger partial charge >= 0.3 is 0 Å². The van der Waals surface area contributed by atoms with E-state index >= 15 is 0 Å². The van der Waals surface area contributed by atoms with Crippen molar-refractivity contribution in [2.24, 2.45) is 0 Å². The Morgan fingerprint density at radius 1 is 0.912 bits per heavy atom. The van der Waals surface area contributed by atoms with Crippen LogP contribution in [-0.4, -0.2) is 45.2 Å².